The molecule has 0 saturated carbocycles. The summed E-state index contributed by atoms with van der Waals surface area (Å²) in [6.45, 7) is 12.1. The largest absolute Gasteiger partial charge is 0.508 e. The highest BCUT2D eigenvalue weighted by atomic mass is 16.3. The molecular formula is C17H28N2O2. The van der Waals surface area contributed by atoms with Crippen LogP contribution >= 0.6 is 0 Å². The number of benzene rings is 1. The van der Waals surface area contributed by atoms with Gasteiger partial charge in [-0.1, -0.05) is 26.8 Å². The highest BCUT2D eigenvalue weighted by Gasteiger charge is 2.26. The van der Waals surface area contributed by atoms with E-state index >= 15 is 0 Å². The van der Waals surface area contributed by atoms with Crippen LogP contribution in [0.4, 0.5) is 0 Å². The normalized spacial score (nSPS) is 20.2. The van der Waals surface area contributed by atoms with Crippen molar-refractivity contribution in [1.29, 1.82) is 0 Å². The third-order valence-electron chi connectivity index (χ3n) is 4.35. The van der Waals surface area contributed by atoms with E-state index in [0.29, 0.717) is 5.75 Å². The molecule has 4 heteroatoms. The molecule has 2 atom stereocenters. The minimum atomic E-state index is -0.537. The number of hydrogen-bond acceptors (Lipinski definition) is 4. The number of phenols is 1. The Balaban J connectivity index is 2.20. The number of phenolic OH excluding ortho intramolecular Hbond substituents is 1. The van der Waals surface area contributed by atoms with Crippen molar-refractivity contribution in [2.24, 2.45) is 0 Å². The maximum atomic E-state index is 10.7. The number of aliphatic hydroxyl groups is 1. The van der Waals surface area contributed by atoms with Crippen LogP contribution in [0.5, 0.6) is 5.75 Å². The second-order valence-electron chi connectivity index (χ2n) is 7.00. The third-order valence-corrected chi connectivity index (χ3v) is 4.35. The summed E-state index contributed by atoms with van der Waals surface area (Å²) in [6, 6.07) is 5.54. The summed E-state index contributed by atoms with van der Waals surface area (Å²) >= 11 is 0. The van der Waals surface area contributed by atoms with Gasteiger partial charge in [-0.3, -0.25) is 4.90 Å². The maximum absolute atomic E-state index is 10.7. The van der Waals surface area contributed by atoms with E-state index in [1.807, 2.05) is 12.1 Å². The van der Waals surface area contributed by atoms with Crippen LogP contribution in [-0.4, -0.2) is 47.3 Å². The Morgan fingerprint density at radius 3 is 2.38 bits per heavy atom. The zero-order valence-electron chi connectivity index (χ0n) is 13.6. The average molecular weight is 292 g/mol. The Morgan fingerprint density at radius 2 is 1.81 bits per heavy atom. The highest BCUT2D eigenvalue weighted by molar-refractivity contribution is 5.41. The van der Waals surface area contributed by atoms with Gasteiger partial charge in [-0.15, -0.1) is 0 Å². The summed E-state index contributed by atoms with van der Waals surface area (Å²) in [6.07, 6.45) is -0.537. The predicted molar refractivity (Wildman–Crippen MR) is 85.7 cm³/mol. The molecule has 0 spiro atoms. The van der Waals surface area contributed by atoms with Crippen molar-refractivity contribution < 1.29 is 10.2 Å². The summed E-state index contributed by atoms with van der Waals surface area (Å²) in [7, 11) is 0. The van der Waals surface area contributed by atoms with Gasteiger partial charge in [0.15, 0.2) is 0 Å². The fraction of sp³-hybridized carbons (Fsp3) is 0.647. The zero-order valence-corrected chi connectivity index (χ0v) is 13.6. The molecule has 1 aromatic rings. The first-order valence-corrected chi connectivity index (χ1v) is 7.77. The molecular weight excluding hydrogens is 264 g/mol. The van der Waals surface area contributed by atoms with Crippen molar-refractivity contribution in [1.82, 2.24) is 10.2 Å². The average Bonchev–Trinajstić information content (AvgIpc) is 2.46. The molecule has 1 aliphatic heterocycles. The monoisotopic (exact) mass is 292 g/mol. The molecule has 2 rings (SSSR count). The smallest absolute Gasteiger partial charge is 0.119 e. The third kappa shape index (κ3) is 3.76. The zero-order chi connectivity index (χ0) is 15.6. The molecule has 3 N–H and O–H groups in total. The van der Waals surface area contributed by atoms with Gasteiger partial charge in [0.2, 0.25) is 0 Å². The van der Waals surface area contributed by atoms with Crippen molar-refractivity contribution >= 4 is 0 Å². The van der Waals surface area contributed by atoms with E-state index in [4.69, 9.17) is 0 Å². The Morgan fingerprint density at radius 1 is 1.19 bits per heavy atom. The van der Waals surface area contributed by atoms with Crippen LogP contribution in [0.2, 0.25) is 0 Å². The van der Waals surface area contributed by atoms with Gasteiger partial charge < -0.3 is 15.5 Å². The van der Waals surface area contributed by atoms with Crippen LogP contribution in [0.25, 0.3) is 0 Å². The first-order valence-electron chi connectivity index (χ1n) is 7.77. The highest BCUT2D eigenvalue weighted by Crippen LogP contribution is 2.33. The lowest BCUT2D eigenvalue weighted by Gasteiger charge is -2.35. The molecule has 21 heavy (non-hydrogen) atoms. The number of nitrogens with zero attached hydrogens (tertiary/aromatic N) is 1. The van der Waals surface area contributed by atoms with Gasteiger partial charge in [0.1, 0.15) is 5.75 Å². The fourth-order valence-corrected chi connectivity index (χ4v) is 2.91. The van der Waals surface area contributed by atoms with Crippen molar-refractivity contribution in [2.45, 2.75) is 45.3 Å². The van der Waals surface area contributed by atoms with E-state index in [-0.39, 0.29) is 11.5 Å². The van der Waals surface area contributed by atoms with Crippen molar-refractivity contribution in [3.05, 3.63) is 29.3 Å². The topological polar surface area (TPSA) is 55.7 Å². The van der Waals surface area contributed by atoms with E-state index < -0.39 is 6.10 Å². The molecule has 0 amide bonds. The molecule has 1 heterocycles. The number of hydrogen-bond donors (Lipinski definition) is 3. The van der Waals surface area contributed by atoms with Crippen LogP contribution < -0.4 is 5.32 Å². The van der Waals surface area contributed by atoms with Gasteiger partial charge in [0, 0.05) is 32.2 Å². The van der Waals surface area contributed by atoms with Crippen LogP contribution in [0.15, 0.2) is 18.2 Å². The standard InChI is InChI=1S/C17H28N2O2/c1-12(19-9-7-18-8-10-19)16(21)13-5-6-15(20)14(11-13)17(2,3)4/h5-6,11-12,16,18,20-21H,7-10H2,1-4H3. The molecule has 1 saturated heterocycles. The van der Waals surface area contributed by atoms with Crippen LogP contribution in [0.1, 0.15) is 44.9 Å². The second-order valence-corrected chi connectivity index (χ2v) is 7.00. The van der Waals surface area contributed by atoms with E-state index in [2.05, 4.69) is 37.9 Å². The SMILES string of the molecule is CC(C(O)c1ccc(O)c(C(C)(C)C)c1)N1CCNCC1. The molecule has 0 aromatic heterocycles. The minimum Gasteiger partial charge on any atom is -0.508 e. The molecule has 0 aliphatic carbocycles. The molecule has 4 nitrogen and oxygen atoms in total. The lowest BCUT2D eigenvalue weighted by molar-refractivity contribution is 0.0509. The van der Waals surface area contributed by atoms with E-state index in [0.717, 1.165) is 37.3 Å². The van der Waals surface area contributed by atoms with E-state index in [9.17, 15) is 10.2 Å². The molecule has 2 unspecified atom stereocenters. The number of piperazine rings is 1. The number of aromatic hydroxyl groups is 1. The Bertz CT molecular complexity index is 476. The molecule has 1 aromatic carbocycles. The summed E-state index contributed by atoms with van der Waals surface area (Å²) in [5.41, 5.74) is 1.62. The predicted octanol–water partition coefficient (Wildman–Crippen LogP) is 2.02. The lowest BCUT2D eigenvalue weighted by Crippen LogP contribution is -2.49. The summed E-state index contributed by atoms with van der Waals surface area (Å²) in [5, 5.41) is 24.0. The Hall–Kier alpha value is -1.10. The van der Waals surface area contributed by atoms with Crippen LogP contribution in [0.3, 0.4) is 0 Å². The van der Waals surface area contributed by atoms with Gasteiger partial charge in [-0.05, 0) is 35.6 Å². The summed E-state index contributed by atoms with van der Waals surface area (Å²) in [5.74, 6) is 0.299. The first kappa shape index (κ1) is 16.3. The lowest BCUT2D eigenvalue weighted by atomic mass is 9.84. The van der Waals surface area contributed by atoms with Crippen molar-refractivity contribution in [3.63, 3.8) is 0 Å². The quantitative estimate of drug-likeness (QED) is 0.798. The Kier molecular flexibility index (Phi) is 4.91. The van der Waals surface area contributed by atoms with Gasteiger partial charge >= 0.3 is 0 Å². The Labute approximate surface area is 127 Å². The van der Waals surface area contributed by atoms with Crippen molar-refractivity contribution in [3.8, 4) is 5.75 Å². The first-order chi connectivity index (χ1) is 9.80. The van der Waals surface area contributed by atoms with E-state index in [1.165, 1.54) is 0 Å². The van der Waals surface area contributed by atoms with Crippen LogP contribution in [0, 0.1) is 0 Å². The van der Waals surface area contributed by atoms with Crippen LogP contribution in [-0.2, 0) is 5.41 Å². The maximum Gasteiger partial charge on any atom is 0.119 e. The molecule has 0 bridgehead atoms. The van der Waals surface area contributed by atoms with Gasteiger partial charge in [-0.25, -0.2) is 0 Å². The van der Waals surface area contributed by atoms with Gasteiger partial charge in [-0.2, -0.15) is 0 Å². The summed E-state index contributed by atoms with van der Waals surface area (Å²) < 4.78 is 0. The minimum absolute atomic E-state index is 0.0736. The van der Waals surface area contributed by atoms with Gasteiger partial charge in [0.05, 0.1) is 6.10 Å². The molecule has 118 valence electrons. The second kappa shape index (κ2) is 6.34. The molecule has 1 aliphatic rings. The number of aliphatic hydroxyl groups excluding tert-OH is 1. The summed E-state index contributed by atoms with van der Waals surface area (Å²) in [4.78, 5) is 2.31. The van der Waals surface area contributed by atoms with E-state index in [1.54, 1.807) is 6.07 Å². The number of rotatable bonds is 3. The van der Waals surface area contributed by atoms with Crippen molar-refractivity contribution in [2.75, 3.05) is 26.2 Å². The number of nitrogens with one attached hydrogen (secondary N) is 1. The van der Waals surface area contributed by atoms with Gasteiger partial charge in [0.25, 0.3) is 0 Å². The fourth-order valence-electron chi connectivity index (χ4n) is 2.91. The molecule has 1 fully saturated rings. The molecule has 0 radical (unpaired) electrons.